The number of nitrogens with two attached hydrogens (primary N) is 1. The third-order valence-corrected chi connectivity index (χ3v) is 3.85. The molecule has 86 valence electrons. The number of nitrogens with one attached hydrogen (secondary N) is 1. The molecule has 0 amide bonds. The Balaban J connectivity index is 2.35. The van der Waals surface area contributed by atoms with Crippen LogP contribution in [-0.4, -0.2) is 6.61 Å². The van der Waals surface area contributed by atoms with E-state index in [4.69, 9.17) is 10.6 Å². The van der Waals surface area contributed by atoms with Crippen LogP contribution >= 0.6 is 38.5 Å². The number of hydrazine groups is 1. The Labute approximate surface area is 117 Å². The van der Waals surface area contributed by atoms with Gasteiger partial charge in [-0.2, -0.15) is 0 Å². The van der Waals surface area contributed by atoms with Gasteiger partial charge < -0.3 is 4.74 Å². The van der Waals surface area contributed by atoms with E-state index in [1.165, 1.54) is 3.57 Å². The van der Waals surface area contributed by atoms with Crippen molar-refractivity contribution in [2.75, 3.05) is 6.61 Å². The van der Waals surface area contributed by atoms with Gasteiger partial charge in [-0.05, 0) is 52.4 Å². The van der Waals surface area contributed by atoms with Gasteiger partial charge in [0.2, 0.25) is 0 Å². The number of halogens is 2. The zero-order valence-electron chi connectivity index (χ0n) is 8.54. The van der Waals surface area contributed by atoms with Crippen molar-refractivity contribution in [3.8, 4) is 0 Å². The lowest BCUT2D eigenvalue weighted by atomic mass is 10.1. The Hall–Kier alpha value is -0.110. The zero-order valence-corrected chi connectivity index (χ0v) is 12.3. The van der Waals surface area contributed by atoms with Crippen molar-refractivity contribution in [1.82, 2.24) is 5.43 Å². The molecule has 1 heterocycles. The molecule has 1 aliphatic heterocycles. The second-order valence-electron chi connectivity index (χ2n) is 3.51. The minimum atomic E-state index is -0.0772. The lowest BCUT2D eigenvalue weighted by Crippen LogP contribution is -2.30. The van der Waals surface area contributed by atoms with Crippen LogP contribution in [0.4, 0.5) is 0 Å². The van der Waals surface area contributed by atoms with E-state index >= 15 is 0 Å². The van der Waals surface area contributed by atoms with Crippen LogP contribution in [0.1, 0.15) is 18.0 Å². The summed E-state index contributed by atoms with van der Waals surface area (Å²) in [4.78, 5) is 0. The number of hydrogen-bond donors (Lipinski definition) is 2. The monoisotopic (exact) mass is 394 g/mol. The van der Waals surface area contributed by atoms with Crippen LogP contribution in [-0.2, 0) is 4.74 Å². The summed E-state index contributed by atoms with van der Waals surface area (Å²) in [5.74, 6) is 6.52. The molecule has 1 aliphatic rings. The largest absolute Gasteiger partial charge is 0.496 e. The van der Waals surface area contributed by atoms with Crippen molar-refractivity contribution in [2.24, 2.45) is 5.84 Å². The molecule has 0 bridgehead atoms. The van der Waals surface area contributed by atoms with E-state index in [1.807, 2.05) is 12.1 Å². The molecule has 0 aromatic heterocycles. The van der Waals surface area contributed by atoms with Crippen molar-refractivity contribution in [3.63, 3.8) is 0 Å². The smallest absolute Gasteiger partial charge is 0.115 e. The predicted molar refractivity (Wildman–Crippen MR) is 75.6 cm³/mol. The molecule has 5 heteroatoms. The lowest BCUT2D eigenvalue weighted by molar-refractivity contribution is 0.215. The molecule has 0 saturated heterocycles. The normalized spacial score (nSPS) is 16.8. The maximum Gasteiger partial charge on any atom is 0.115 e. The Morgan fingerprint density at radius 2 is 2.31 bits per heavy atom. The van der Waals surface area contributed by atoms with E-state index in [9.17, 15) is 0 Å². The molecule has 1 unspecified atom stereocenters. The fourth-order valence-corrected chi connectivity index (χ4v) is 2.69. The highest BCUT2D eigenvalue weighted by Crippen LogP contribution is 2.31. The molecule has 3 N–H and O–H groups in total. The van der Waals surface area contributed by atoms with E-state index in [0.29, 0.717) is 0 Å². The van der Waals surface area contributed by atoms with Crippen LogP contribution in [0.2, 0.25) is 0 Å². The maximum atomic E-state index is 5.61. The Morgan fingerprint density at radius 1 is 1.50 bits per heavy atom. The SMILES string of the molecule is NNC(C1=CCCO1)c1cc(I)ccc1Br. The number of ether oxygens (including phenoxy) is 1. The summed E-state index contributed by atoms with van der Waals surface area (Å²) in [6.45, 7) is 0.745. The van der Waals surface area contributed by atoms with Crippen LogP contribution in [0, 0.1) is 3.57 Å². The average Bonchev–Trinajstić information content (AvgIpc) is 2.78. The molecule has 0 radical (unpaired) electrons. The van der Waals surface area contributed by atoms with Gasteiger partial charge in [0.1, 0.15) is 11.8 Å². The number of rotatable bonds is 3. The Bertz CT molecular complexity index is 422. The van der Waals surface area contributed by atoms with Crippen molar-refractivity contribution in [3.05, 3.63) is 43.6 Å². The molecule has 0 spiro atoms. The number of hydrogen-bond acceptors (Lipinski definition) is 3. The fraction of sp³-hybridized carbons (Fsp3) is 0.273. The van der Waals surface area contributed by atoms with Crippen molar-refractivity contribution in [1.29, 1.82) is 0 Å². The van der Waals surface area contributed by atoms with Crippen molar-refractivity contribution < 1.29 is 4.74 Å². The molecule has 0 fully saturated rings. The second-order valence-corrected chi connectivity index (χ2v) is 5.61. The topological polar surface area (TPSA) is 47.3 Å². The first kappa shape index (κ1) is 12.3. The summed E-state index contributed by atoms with van der Waals surface area (Å²) in [5, 5.41) is 0. The minimum Gasteiger partial charge on any atom is -0.496 e. The van der Waals surface area contributed by atoms with Crippen LogP contribution in [0.25, 0.3) is 0 Å². The van der Waals surface area contributed by atoms with Gasteiger partial charge in [-0.3, -0.25) is 5.84 Å². The minimum absolute atomic E-state index is 0.0772. The van der Waals surface area contributed by atoms with E-state index < -0.39 is 0 Å². The quantitative estimate of drug-likeness (QED) is 0.470. The number of benzene rings is 1. The summed E-state index contributed by atoms with van der Waals surface area (Å²) in [5.41, 5.74) is 3.90. The highest BCUT2D eigenvalue weighted by molar-refractivity contribution is 14.1. The summed E-state index contributed by atoms with van der Waals surface area (Å²) in [6, 6.07) is 6.09. The molecule has 2 rings (SSSR count). The van der Waals surface area contributed by atoms with Crippen LogP contribution < -0.4 is 11.3 Å². The molecule has 16 heavy (non-hydrogen) atoms. The lowest BCUT2D eigenvalue weighted by Gasteiger charge is -2.19. The van der Waals surface area contributed by atoms with Gasteiger partial charge in [-0.15, -0.1) is 0 Å². The first-order valence-corrected chi connectivity index (χ1v) is 6.83. The summed E-state index contributed by atoms with van der Waals surface area (Å²) < 4.78 is 7.76. The van der Waals surface area contributed by atoms with Crippen LogP contribution in [0.15, 0.2) is 34.5 Å². The first-order valence-electron chi connectivity index (χ1n) is 4.96. The van der Waals surface area contributed by atoms with E-state index in [1.54, 1.807) is 0 Å². The molecule has 1 aromatic rings. The molecule has 0 aliphatic carbocycles. The second kappa shape index (κ2) is 5.48. The molecular formula is C11H12BrIN2O. The van der Waals surface area contributed by atoms with Gasteiger partial charge >= 0.3 is 0 Å². The highest BCUT2D eigenvalue weighted by Gasteiger charge is 2.21. The molecule has 1 atom stereocenters. The average molecular weight is 395 g/mol. The standard InChI is InChI=1S/C11H12BrIN2O/c12-9-4-3-7(13)6-8(9)11(15-14)10-2-1-5-16-10/h2-4,6,11,15H,1,5,14H2. The van der Waals surface area contributed by atoms with Gasteiger partial charge in [0, 0.05) is 14.5 Å². The van der Waals surface area contributed by atoms with Gasteiger partial charge in [0.15, 0.2) is 0 Å². The van der Waals surface area contributed by atoms with E-state index in [0.717, 1.165) is 28.8 Å². The molecule has 0 saturated carbocycles. The van der Waals surface area contributed by atoms with E-state index in [2.05, 4.69) is 56.1 Å². The summed E-state index contributed by atoms with van der Waals surface area (Å²) in [6.07, 6.45) is 3.03. The van der Waals surface area contributed by atoms with Gasteiger partial charge in [-0.25, -0.2) is 5.43 Å². The Kier molecular flexibility index (Phi) is 4.23. The van der Waals surface area contributed by atoms with Crippen LogP contribution in [0.5, 0.6) is 0 Å². The highest BCUT2D eigenvalue weighted by atomic mass is 127. The van der Waals surface area contributed by atoms with Gasteiger partial charge in [-0.1, -0.05) is 15.9 Å². The summed E-state index contributed by atoms with van der Waals surface area (Å²) >= 11 is 5.82. The van der Waals surface area contributed by atoms with Crippen molar-refractivity contribution in [2.45, 2.75) is 12.5 Å². The Morgan fingerprint density at radius 3 is 2.94 bits per heavy atom. The maximum absolute atomic E-state index is 5.61. The van der Waals surface area contributed by atoms with Crippen LogP contribution in [0.3, 0.4) is 0 Å². The molecule has 3 nitrogen and oxygen atoms in total. The van der Waals surface area contributed by atoms with Gasteiger partial charge in [0.05, 0.1) is 6.61 Å². The molecular weight excluding hydrogens is 383 g/mol. The summed E-state index contributed by atoms with van der Waals surface area (Å²) in [7, 11) is 0. The van der Waals surface area contributed by atoms with Gasteiger partial charge in [0.25, 0.3) is 0 Å². The third kappa shape index (κ3) is 2.58. The predicted octanol–water partition coefficient (Wildman–Crippen LogP) is 2.86. The zero-order chi connectivity index (χ0) is 11.5. The first-order chi connectivity index (χ1) is 7.72. The molecule has 1 aromatic carbocycles. The third-order valence-electron chi connectivity index (χ3n) is 2.45. The fourth-order valence-electron chi connectivity index (χ4n) is 1.70. The van der Waals surface area contributed by atoms with Crippen molar-refractivity contribution >= 4 is 38.5 Å². The van der Waals surface area contributed by atoms with E-state index in [-0.39, 0.29) is 6.04 Å².